The quantitative estimate of drug-likeness (QED) is 0.421. The van der Waals surface area contributed by atoms with Crippen LogP contribution in [0.3, 0.4) is 0 Å². The summed E-state index contributed by atoms with van der Waals surface area (Å²) in [6.07, 6.45) is 12.9. The van der Waals surface area contributed by atoms with Crippen molar-refractivity contribution >= 4 is 0 Å². The van der Waals surface area contributed by atoms with Crippen molar-refractivity contribution in [1.29, 1.82) is 0 Å². The molecule has 0 atom stereocenters. The fourth-order valence-corrected chi connectivity index (χ4v) is 3.85. The molecule has 0 aromatic carbocycles. The van der Waals surface area contributed by atoms with E-state index in [0.717, 1.165) is 56.0 Å². The Bertz CT molecular complexity index is 965. The van der Waals surface area contributed by atoms with Crippen LogP contribution in [0.1, 0.15) is 54.5 Å². The van der Waals surface area contributed by atoms with E-state index < -0.39 is 0 Å². The van der Waals surface area contributed by atoms with Crippen molar-refractivity contribution in [3.8, 4) is 0 Å². The third-order valence-electron chi connectivity index (χ3n) is 5.73. The third kappa shape index (κ3) is 6.39. The van der Waals surface area contributed by atoms with Gasteiger partial charge in [-0.1, -0.05) is 39.0 Å². The average molecular weight is 430 g/mol. The van der Waals surface area contributed by atoms with Gasteiger partial charge in [0, 0.05) is 38.0 Å². The zero-order valence-electron chi connectivity index (χ0n) is 19.8. The molecule has 168 valence electrons. The summed E-state index contributed by atoms with van der Waals surface area (Å²) in [6.45, 7) is 8.81. The first-order valence-electron chi connectivity index (χ1n) is 11.5. The minimum atomic E-state index is 0.748. The highest BCUT2D eigenvalue weighted by atomic mass is 15.2. The normalized spacial score (nSPS) is 11.1. The lowest BCUT2D eigenvalue weighted by Gasteiger charge is -2.24. The van der Waals surface area contributed by atoms with Gasteiger partial charge in [-0.3, -0.25) is 15.0 Å². The minimum absolute atomic E-state index is 0.748. The van der Waals surface area contributed by atoms with Gasteiger partial charge < -0.3 is 9.80 Å². The molecule has 0 bridgehead atoms. The van der Waals surface area contributed by atoms with Crippen LogP contribution in [-0.2, 0) is 38.9 Å². The molecule has 0 aliphatic rings. The van der Waals surface area contributed by atoms with Gasteiger partial charge in [-0.25, -0.2) is 0 Å². The van der Waals surface area contributed by atoms with Gasteiger partial charge >= 0.3 is 0 Å². The monoisotopic (exact) mass is 429 g/mol. The lowest BCUT2D eigenvalue weighted by molar-refractivity contribution is 0.336. The van der Waals surface area contributed by atoms with E-state index in [2.05, 4.69) is 83.2 Å². The SMILES string of the molecule is CCc1cccnc1CN(C)C=CN(Cc1ncccc1CC)Cc1ncccc1CC. The van der Waals surface area contributed by atoms with E-state index in [9.17, 15) is 0 Å². The van der Waals surface area contributed by atoms with Gasteiger partial charge in [-0.2, -0.15) is 0 Å². The van der Waals surface area contributed by atoms with Crippen molar-refractivity contribution in [3.63, 3.8) is 0 Å². The molecular formula is C27H35N5. The maximum absolute atomic E-state index is 4.67. The van der Waals surface area contributed by atoms with E-state index in [-0.39, 0.29) is 0 Å². The number of hydrogen-bond acceptors (Lipinski definition) is 5. The van der Waals surface area contributed by atoms with E-state index in [4.69, 9.17) is 0 Å². The first-order valence-corrected chi connectivity index (χ1v) is 11.5. The Labute approximate surface area is 192 Å². The maximum atomic E-state index is 4.67. The van der Waals surface area contributed by atoms with Gasteiger partial charge in [-0.15, -0.1) is 0 Å². The largest absolute Gasteiger partial charge is 0.373 e. The van der Waals surface area contributed by atoms with Crippen molar-refractivity contribution in [2.24, 2.45) is 0 Å². The molecule has 32 heavy (non-hydrogen) atoms. The molecule has 3 aromatic rings. The molecular weight excluding hydrogens is 394 g/mol. The fourth-order valence-electron chi connectivity index (χ4n) is 3.85. The van der Waals surface area contributed by atoms with Crippen LogP contribution in [-0.4, -0.2) is 31.8 Å². The van der Waals surface area contributed by atoms with Crippen molar-refractivity contribution in [2.75, 3.05) is 7.05 Å². The van der Waals surface area contributed by atoms with E-state index in [0.29, 0.717) is 0 Å². The highest BCUT2D eigenvalue weighted by Gasteiger charge is 2.11. The first kappa shape index (κ1) is 23.5. The summed E-state index contributed by atoms with van der Waals surface area (Å²) < 4.78 is 0. The number of aryl methyl sites for hydroxylation is 3. The van der Waals surface area contributed by atoms with Crippen LogP contribution >= 0.6 is 0 Å². The van der Waals surface area contributed by atoms with Crippen LogP contribution in [0.25, 0.3) is 0 Å². The van der Waals surface area contributed by atoms with E-state index in [1.165, 1.54) is 16.7 Å². The Morgan fingerprint density at radius 3 is 1.44 bits per heavy atom. The standard InChI is InChI=1S/C27H35N5/c1-5-22-11-8-14-28-25(22)19-31(4)17-18-32(20-26-23(6-2)12-9-15-29-26)21-27-24(7-3)13-10-16-30-27/h8-18H,5-7,19-21H2,1-4H3. The second-order valence-electron chi connectivity index (χ2n) is 8.01. The van der Waals surface area contributed by atoms with Gasteiger partial charge in [0.1, 0.15) is 0 Å². The Balaban J connectivity index is 1.81. The molecule has 3 heterocycles. The van der Waals surface area contributed by atoms with Crippen molar-refractivity contribution in [3.05, 3.63) is 101 Å². The molecule has 0 fully saturated rings. The fraction of sp³-hybridized carbons (Fsp3) is 0.370. The summed E-state index contributed by atoms with van der Waals surface area (Å²) in [4.78, 5) is 18.4. The van der Waals surface area contributed by atoms with Crippen LogP contribution in [0.15, 0.2) is 67.4 Å². The molecule has 0 aliphatic heterocycles. The van der Waals surface area contributed by atoms with Gasteiger partial charge in [0.15, 0.2) is 0 Å². The number of pyridine rings is 3. The molecule has 0 aliphatic carbocycles. The average Bonchev–Trinajstić information content (AvgIpc) is 2.83. The molecule has 0 spiro atoms. The van der Waals surface area contributed by atoms with E-state index in [1.807, 2.05) is 36.8 Å². The van der Waals surface area contributed by atoms with Crippen molar-refractivity contribution < 1.29 is 0 Å². The molecule has 0 N–H and O–H groups in total. The first-order chi connectivity index (χ1) is 15.6. The molecule has 0 saturated carbocycles. The lowest BCUT2D eigenvalue weighted by atomic mass is 10.1. The van der Waals surface area contributed by atoms with Crippen LogP contribution in [0, 0.1) is 0 Å². The highest BCUT2D eigenvalue weighted by Crippen LogP contribution is 2.16. The Kier molecular flexibility index (Phi) is 8.79. The third-order valence-corrected chi connectivity index (χ3v) is 5.73. The molecule has 0 saturated heterocycles. The number of hydrogen-bond donors (Lipinski definition) is 0. The van der Waals surface area contributed by atoms with Crippen LogP contribution in [0.5, 0.6) is 0 Å². The van der Waals surface area contributed by atoms with E-state index in [1.54, 1.807) is 0 Å². The van der Waals surface area contributed by atoms with Crippen LogP contribution in [0.2, 0.25) is 0 Å². The van der Waals surface area contributed by atoms with Gasteiger partial charge in [0.05, 0.1) is 36.7 Å². The Hall–Kier alpha value is -3.21. The van der Waals surface area contributed by atoms with Gasteiger partial charge in [0.2, 0.25) is 0 Å². The second-order valence-corrected chi connectivity index (χ2v) is 8.01. The zero-order valence-corrected chi connectivity index (χ0v) is 19.8. The molecule has 0 amide bonds. The van der Waals surface area contributed by atoms with Crippen molar-refractivity contribution in [2.45, 2.75) is 59.7 Å². The Morgan fingerprint density at radius 1 is 0.625 bits per heavy atom. The topological polar surface area (TPSA) is 45.2 Å². The maximum Gasteiger partial charge on any atom is 0.0628 e. The number of aromatic nitrogens is 3. The lowest BCUT2D eigenvalue weighted by Crippen LogP contribution is -2.21. The summed E-state index contributed by atoms with van der Waals surface area (Å²) in [5.41, 5.74) is 7.24. The smallest absolute Gasteiger partial charge is 0.0628 e. The molecule has 3 aromatic heterocycles. The van der Waals surface area contributed by atoms with Gasteiger partial charge in [-0.05, 0) is 54.2 Å². The summed E-state index contributed by atoms with van der Waals surface area (Å²) in [7, 11) is 2.10. The molecule has 5 nitrogen and oxygen atoms in total. The molecule has 0 radical (unpaired) electrons. The molecule has 3 rings (SSSR count). The zero-order chi connectivity index (χ0) is 22.8. The predicted molar refractivity (Wildman–Crippen MR) is 131 cm³/mol. The minimum Gasteiger partial charge on any atom is -0.373 e. The summed E-state index contributed by atoms with van der Waals surface area (Å²) in [5.74, 6) is 0. The number of rotatable bonds is 11. The predicted octanol–water partition coefficient (Wildman–Crippen LogP) is 5.16. The highest BCUT2D eigenvalue weighted by molar-refractivity contribution is 5.23. The molecule has 5 heteroatoms. The summed E-state index contributed by atoms with van der Waals surface area (Å²) >= 11 is 0. The second kappa shape index (κ2) is 12.0. The summed E-state index contributed by atoms with van der Waals surface area (Å²) in [6, 6.07) is 12.5. The number of nitrogens with zero attached hydrogens (tertiary/aromatic N) is 5. The van der Waals surface area contributed by atoms with Gasteiger partial charge in [0.25, 0.3) is 0 Å². The van der Waals surface area contributed by atoms with Crippen molar-refractivity contribution in [1.82, 2.24) is 24.8 Å². The van der Waals surface area contributed by atoms with Crippen LogP contribution in [0.4, 0.5) is 0 Å². The summed E-state index contributed by atoms with van der Waals surface area (Å²) in [5, 5.41) is 0. The molecule has 0 unspecified atom stereocenters. The van der Waals surface area contributed by atoms with E-state index >= 15 is 0 Å². The van der Waals surface area contributed by atoms with Crippen LogP contribution < -0.4 is 0 Å². The Morgan fingerprint density at radius 2 is 1.03 bits per heavy atom.